The van der Waals surface area contributed by atoms with E-state index in [2.05, 4.69) is 68.2 Å². The summed E-state index contributed by atoms with van der Waals surface area (Å²) in [5.41, 5.74) is 2.88. The molecule has 4 heteroatoms. The summed E-state index contributed by atoms with van der Waals surface area (Å²) < 4.78 is 0. The van der Waals surface area contributed by atoms with Crippen molar-refractivity contribution < 1.29 is 0 Å². The maximum absolute atomic E-state index is 6.12. The van der Waals surface area contributed by atoms with Gasteiger partial charge in [0.2, 0.25) is 0 Å². The average Bonchev–Trinajstić information content (AvgIpc) is 3.20. The Balaban J connectivity index is 1.65. The zero-order valence-electron chi connectivity index (χ0n) is 16.1. The molecule has 2 fully saturated rings. The monoisotopic (exact) mass is 396 g/mol. The molecule has 1 heterocycles. The van der Waals surface area contributed by atoms with Crippen LogP contribution in [0.15, 0.2) is 59.7 Å². The third-order valence-corrected chi connectivity index (χ3v) is 9.60. The van der Waals surface area contributed by atoms with Crippen molar-refractivity contribution in [3.05, 3.63) is 65.2 Å². The number of rotatable bonds is 2. The van der Waals surface area contributed by atoms with E-state index in [-0.39, 0.29) is 10.3 Å². The number of thioether (sulfide) groups is 1. The summed E-state index contributed by atoms with van der Waals surface area (Å²) >= 11 is 8.10. The second kappa shape index (κ2) is 5.78. The first-order chi connectivity index (χ1) is 12.9. The van der Waals surface area contributed by atoms with E-state index in [9.17, 15) is 0 Å². The van der Waals surface area contributed by atoms with Gasteiger partial charge in [0, 0.05) is 16.0 Å². The van der Waals surface area contributed by atoms with Gasteiger partial charge in [-0.25, -0.2) is 5.01 Å². The van der Waals surface area contributed by atoms with Crippen LogP contribution in [0.5, 0.6) is 0 Å². The number of nitrogens with zero attached hydrogens (tertiary/aromatic N) is 2. The van der Waals surface area contributed by atoms with Crippen molar-refractivity contribution >= 4 is 34.1 Å². The van der Waals surface area contributed by atoms with Gasteiger partial charge in [0.15, 0.2) is 0 Å². The lowest BCUT2D eigenvalue weighted by Crippen LogP contribution is -2.53. The minimum absolute atomic E-state index is 0.0181. The second-order valence-corrected chi connectivity index (χ2v) is 10.6. The Morgan fingerprint density at radius 3 is 2.33 bits per heavy atom. The topological polar surface area (TPSA) is 15.6 Å². The van der Waals surface area contributed by atoms with Crippen molar-refractivity contribution in [1.29, 1.82) is 0 Å². The quantitative estimate of drug-likeness (QED) is 0.554. The van der Waals surface area contributed by atoms with Crippen LogP contribution >= 0.6 is 23.4 Å². The highest BCUT2D eigenvalue weighted by Crippen LogP contribution is 2.75. The van der Waals surface area contributed by atoms with Gasteiger partial charge >= 0.3 is 0 Å². The molecule has 1 aliphatic heterocycles. The van der Waals surface area contributed by atoms with Crippen LogP contribution in [0.3, 0.4) is 0 Å². The maximum Gasteiger partial charge on any atom is 0.126 e. The molecule has 2 aromatic rings. The Hall–Kier alpha value is -1.45. The van der Waals surface area contributed by atoms with Crippen molar-refractivity contribution in [2.24, 2.45) is 21.8 Å². The van der Waals surface area contributed by atoms with Gasteiger partial charge in [-0.3, -0.25) is 0 Å². The van der Waals surface area contributed by atoms with Crippen molar-refractivity contribution in [3.8, 4) is 0 Å². The SMILES string of the molecule is CC1(C)[C@@H]2CC[C@@]1(C)[C@@]1(C2)SC(c2ccc(Cl)cc2)=NN1c1ccccc1. The van der Waals surface area contributed by atoms with E-state index in [1.807, 2.05) is 23.9 Å². The molecule has 0 radical (unpaired) electrons. The van der Waals surface area contributed by atoms with Crippen LogP contribution in [-0.4, -0.2) is 9.91 Å². The molecule has 0 N–H and O–H groups in total. The Bertz CT molecular complexity index is 908. The minimum Gasteiger partial charge on any atom is -0.247 e. The molecular formula is C23H25ClN2S. The Labute approximate surface area is 171 Å². The lowest BCUT2D eigenvalue weighted by Gasteiger charge is -2.49. The fraction of sp³-hybridized carbons (Fsp3) is 0.435. The number of hydrogen-bond acceptors (Lipinski definition) is 3. The van der Waals surface area contributed by atoms with Gasteiger partial charge in [-0.1, -0.05) is 74.5 Å². The molecule has 0 amide bonds. The van der Waals surface area contributed by atoms with Crippen LogP contribution in [0, 0.1) is 16.7 Å². The van der Waals surface area contributed by atoms with Crippen LogP contribution in [0.25, 0.3) is 0 Å². The Kier molecular flexibility index (Phi) is 3.77. The normalized spacial score (nSPS) is 33.7. The summed E-state index contributed by atoms with van der Waals surface area (Å²) in [5, 5.41) is 9.42. The molecular weight excluding hydrogens is 372 g/mol. The third kappa shape index (κ3) is 2.25. The van der Waals surface area contributed by atoms with Crippen molar-refractivity contribution in [2.45, 2.75) is 44.9 Å². The van der Waals surface area contributed by atoms with E-state index >= 15 is 0 Å². The molecule has 3 atom stereocenters. The molecule has 2 bridgehead atoms. The number of hydrazone groups is 1. The van der Waals surface area contributed by atoms with Gasteiger partial charge in [0.25, 0.3) is 0 Å². The zero-order valence-corrected chi connectivity index (χ0v) is 17.6. The van der Waals surface area contributed by atoms with Gasteiger partial charge in [0.1, 0.15) is 9.91 Å². The van der Waals surface area contributed by atoms with Crippen molar-refractivity contribution in [3.63, 3.8) is 0 Å². The lowest BCUT2D eigenvalue weighted by molar-refractivity contribution is 0.121. The summed E-state index contributed by atoms with van der Waals surface area (Å²) in [6.07, 6.45) is 3.80. The highest BCUT2D eigenvalue weighted by atomic mass is 35.5. The highest BCUT2D eigenvalue weighted by Gasteiger charge is 2.73. The van der Waals surface area contributed by atoms with E-state index in [4.69, 9.17) is 16.7 Å². The first kappa shape index (κ1) is 17.6. The molecule has 1 spiro atoms. The van der Waals surface area contributed by atoms with Gasteiger partial charge < -0.3 is 0 Å². The number of anilines is 1. The average molecular weight is 397 g/mol. The van der Waals surface area contributed by atoms with Gasteiger partial charge in [-0.15, -0.1) is 0 Å². The van der Waals surface area contributed by atoms with E-state index < -0.39 is 0 Å². The minimum atomic E-state index is -0.0181. The number of benzene rings is 2. The van der Waals surface area contributed by atoms with E-state index in [1.165, 1.54) is 24.9 Å². The summed E-state index contributed by atoms with van der Waals surface area (Å²) in [6.45, 7) is 7.45. The van der Waals surface area contributed by atoms with E-state index in [0.29, 0.717) is 5.41 Å². The number of para-hydroxylation sites is 1. The summed E-state index contributed by atoms with van der Waals surface area (Å²) in [5.74, 6) is 0.751. The predicted molar refractivity (Wildman–Crippen MR) is 116 cm³/mol. The lowest BCUT2D eigenvalue weighted by atomic mass is 9.68. The number of hydrogen-bond donors (Lipinski definition) is 0. The molecule has 2 aromatic carbocycles. The first-order valence-electron chi connectivity index (χ1n) is 9.76. The summed E-state index contributed by atoms with van der Waals surface area (Å²) in [6, 6.07) is 18.8. The van der Waals surface area contributed by atoms with Crippen molar-refractivity contribution in [2.75, 3.05) is 5.01 Å². The third-order valence-electron chi connectivity index (χ3n) is 7.71. The van der Waals surface area contributed by atoms with Crippen LogP contribution in [0.4, 0.5) is 5.69 Å². The molecule has 27 heavy (non-hydrogen) atoms. The summed E-state index contributed by atoms with van der Waals surface area (Å²) in [4.78, 5) is -0.0181. The summed E-state index contributed by atoms with van der Waals surface area (Å²) in [7, 11) is 0. The van der Waals surface area contributed by atoms with E-state index in [0.717, 1.165) is 21.5 Å². The van der Waals surface area contributed by atoms with Gasteiger partial charge in [0.05, 0.1) is 5.69 Å². The molecule has 2 nitrogen and oxygen atoms in total. The molecule has 140 valence electrons. The smallest absolute Gasteiger partial charge is 0.126 e. The molecule has 0 unspecified atom stereocenters. The predicted octanol–water partition coefficient (Wildman–Crippen LogP) is 6.80. The van der Waals surface area contributed by atoms with E-state index in [1.54, 1.807) is 0 Å². The molecule has 0 aromatic heterocycles. The zero-order chi connectivity index (χ0) is 18.9. The second-order valence-electron chi connectivity index (χ2n) is 8.94. The van der Waals surface area contributed by atoms with Gasteiger partial charge in [-0.2, -0.15) is 5.10 Å². The molecule has 2 aliphatic carbocycles. The standard InChI is InChI=1S/C23H25ClN2S/c1-21(2)17-13-14-22(21,3)23(15-17)26(19-7-5-4-6-8-19)25-20(27-23)16-9-11-18(24)12-10-16/h4-12,17H,13-15H2,1-3H3/t17-,22-,23-/m1/s1. The number of halogens is 1. The van der Waals surface area contributed by atoms with Crippen LogP contribution in [-0.2, 0) is 0 Å². The number of fused-ring (bicyclic) bond motifs is 3. The van der Waals surface area contributed by atoms with Crippen LogP contribution in [0.2, 0.25) is 5.02 Å². The maximum atomic E-state index is 6.12. The van der Waals surface area contributed by atoms with Gasteiger partial charge in [-0.05, 0) is 54.9 Å². The highest BCUT2D eigenvalue weighted by molar-refractivity contribution is 8.16. The van der Waals surface area contributed by atoms with Crippen LogP contribution in [0.1, 0.15) is 45.6 Å². The molecule has 2 saturated carbocycles. The molecule has 3 aliphatic rings. The molecule has 5 rings (SSSR count). The van der Waals surface area contributed by atoms with Crippen molar-refractivity contribution in [1.82, 2.24) is 0 Å². The fourth-order valence-corrected chi connectivity index (χ4v) is 7.56. The Morgan fingerprint density at radius 1 is 1.04 bits per heavy atom. The first-order valence-corrected chi connectivity index (χ1v) is 11.0. The fourth-order valence-electron chi connectivity index (χ4n) is 5.63. The largest absolute Gasteiger partial charge is 0.247 e. The molecule has 0 saturated heterocycles. The van der Waals surface area contributed by atoms with Crippen LogP contribution < -0.4 is 5.01 Å². The Morgan fingerprint density at radius 2 is 1.74 bits per heavy atom.